The quantitative estimate of drug-likeness (QED) is 0.771. The number of hydrogen-bond donors (Lipinski definition) is 2. The molecule has 0 fully saturated rings. The fourth-order valence-electron chi connectivity index (χ4n) is 1.80. The molecular formula is C12H21N3O2S. The number of carbonyl (C=O) groups is 1. The summed E-state index contributed by atoms with van der Waals surface area (Å²) in [7, 11) is 1.81. The van der Waals surface area contributed by atoms with Gasteiger partial charge in [0.2, 0.25) is 0 Å². The number of hydrogen-bond acceptors (Lipinski definition) is 4. The molecule has 0 aliphatic heterocycles. The maximum absolute atomic E-state index is 12.1. The van der Waals surface area contributed by atoms with Crippen LogP contribution in [-0.2, 0) is 13.5 Å². The number of aryl methyl sites for hydroxylation is 2. The molecule has 1 unspecified atom stereocenters. The topological polar surface area (TPSA) is 67.2 Å². The molecule has 1 aromatic rings. The van der Waals surface area contributed by atoms with Gasteiger partial charge in [0.1, 0.15) is 0 Å². The van der Waals surface area contributed by atoms with E-state index in [1.807, 2.05) is 20.2 Å². The van der Waals surface area contributed by atoms with Crippen molar-refractivity contribution in [1.82, 2.24) is 15.1 Å². The van der Waals surface area contributed by atoms with Crippen molar-refractivity contribution in [2.75, 3.05) is 18.6 Å². The van der Waals surface area contributed by atoms with E-state index in [1.165, 1.54) is 0 Å². The SMILES string of the molecule is CCc1nn(C)cc1C(=O)NC(CCO)CSC. The molecule has 0 spiro atoms. The van der Waals surface area contributed by atoms with Crippen LogP contribution in [0.1, 0.15) is 29.4 Å². The third-order valence-corrected chi connectivity index (χ3v) is 3.40. The van der Waals surface area contributed by atoms with E-state index in [-0.39, 0.29) is 18.6 Å². The lowest BCUT2D eigenvalue weighted by atomic mass is 10.1. The molecule has 102 valence electrons. The Bertz CT molecular complexity index is 387. The molecule has 18 heavy (non-hydrogen) atoms. The minimum absolute atomic E-state index is 0.00223. The van der Waals surface area contributed by atoms with Gasteiger partial charge in [-0.1, -0.05) is 6.92 Å². The summed E-state index contributed by atoms with van der Waals surface area (Å²) in [6.07, 6.45) is 5.03. The van der Waals surface area contributed by atoms with Crippen LogP contribution in [0, 0.1) is 0 Å². The lowest BCUT2D eigenvalue weighted by Gasteiger charge is -2.16. The largest absolute Gasteiger partial charge is 0.396 e. The van der Waals surface area contributed by atoms with Crippen LogP contribution in [-0.4, -0.2) is 45.5 Å². The van der Waals surface area contributed by atoms with Crippen molar-refractivity contribution < 1.29 is 9.90 Å². The van der Waals surface area contributed by atoms with Gasteiger partial charge in [-0.15, -0.1) is 0 Å². The predicted octanol–water partition coefficient (Wildman–Crippen LogP) is 0.826. The molecule has 6 heteroatoms. The number of thioether (sulfide) groups is 1. The fraction of sp³-hybridized carbons (Fsp3) is 0.667. The molecule has 1 rings (SSSR count). The molecule has 1 aromatic heterocycles. The average molecular weight is 271 g/mol. The fourth-order valence-corrected chi connectivity index (χ4v) is 2.46. The Labute approximate surface area is 112 Å². The second-order valence-corrected chi connectivity index (χ2v) is 5.07. The molecule has 2 N–H and O–H groups in total. The van der Waals surface area contributed by atoms with Crippen LogP contribution in [0.2, 0.25) is 0 Å². The van der Waals surface area contributed by atoms with Crippen LogP contribution in [0.5, 0.6) is 0 Å². The van der Waals surface area contributed by atoms with E-state index in [1.54, 1.807) is 22.6 Å². The number of rotatable bonds is 7. The molecule has 0 bridgehead atoms. The van der Waals surface area contributed by atoms with Gasteiger partial charge in [0.05, 0.1) is 11.3 Å². The average Bonchev–Trinajstić information content (AvgIpc) is 2.71. The van der Waals surface area contributed by atoms with E-state index in [0.29, 0.717) is 12.0 Å². The third-order valence-electron chi connectivity index (χ3n) is 2.67. The zero-order valence-corrected chi connectivity index (χ0v) is 12.0. The minimum Gasteiger partial charge on any atom is -0.396 e. The van der Waals surface area contributed by atoms with Crippen LogP contribution in [0.3, 0.4) is 0 Å². The van der Waals surface area contributed by atoms with Gasteiger partial charge < -0.3 is 10.4 Å². The van der Waals surface area contributed by atoms with Crippen LogP contribution < -0.4 is 5.32 Å². The van der Waals surface area contributed by atoms with E-state index >= 15 is 0 Å². The molecule has 0 aliphatic rings. The van der Waals surface area contributed by atoms with Crippen LogP contribution >= 0.6 is 11.8 Å². The van der Waals surface area contributed by atoms with Gasteiger partial charge in [0, 0.05) is 31.6 Å². The standard InChI is InChI=1S/C12H21N3O2S/c1-4-11-10(7-15(2)14-11)12(17)13-9(5-6-16)8-18-3/h7,9,16H,4-6,8H2,1-3H3,(H,13,17). The summed E-state index contributed by atoms with van der Waals surface area (Å²) in [6, 6.07) is 0.00223. The smallest absolute Gasteiger partial charge is 0.255 e. The highest BCUT2D eigenvalue weighted by atomic mass is 32.2. The van der Waals surface area contributed by atoms with Crippen molar-refractivity contribution in [1.29, 1.82) is 0 Å². The van der Waals surface area contributed by atoms with E-state index < -0.39 is 0 Å². The first-order valence-electron chi connectivity index (χ1n) is 6.05. The van der Waals surface area contributed by atoms with Crippen molar-refractivity contribution in [3.63, 3.8) is 0 Å². The molecular weight excluding hydrogens is 250 g/mol. The maximum Gasteiger partial charge on any atom is 0.255 e. The van der Waals surface area contributed by atoms with Crippen molar-refractivity contribution >= 4 is 17.7 Å². The summed E-state index contributed by atoms with van der Waals surface area (Å²) in [5.74, 6) is 0.695. The van der Waals surface area contributed by atoms with Gasteiger partial charge in [0.25, 0.3) is 5.91 Å². The number of amides is 1. The number of aliphatic hydroxyl groups excluding tert-OH is 1. The zero-order valence-electron chi connectivity index (χ0n) is 11.1. The summed E-state index contributed by atoms with van der Waals surface area (Å²) in [5, 5.41) is 16.2. The summed E-state index contributed by atoms with van der Waals surface area (Å²) in [6.45, 7) is 2.06. The Morgan fingerprint density at radius 1 is 1.67 bits per heavy atom. The highest BCUT2D eigenvalue weighted by Crippen LogP contribution is 2.09. The Hall–Kier alpha value is -1.01. The Kier molecular flexibility index (Phi) is 6.21. The first-order valence-corrected chi connectivity index (χ1v) is 7.44. The first kappa shape index (κ1) is 15.0. The number of aromatic nitrogens is 2. The summed E-state index contributed by atoms with van der Waals surface area (Å²) >= 11 is 1.66. The van der Waals surface area contributed by atoms with Gasteiger partial charge in [-0.25, -0.2) is 0 Å². The second kappa shape index (κ2) is 7.43. The van der Waals surface area contributed by atoms with Crippen LogP contribution in [0.25, 0.3) is 0 Å². The number of aliphatic hydroxyl groups is 1. The minimum atomic E-state index is -0.104. The molecule has 0 radical (unpaired) electrons. The molecule has 1 amide bonds. The Morgan fingerprint density at radius 2 is 2.39 bits per heavy atom. The van der Waals surface area contributed by atoms with Crippen LogP contribution in [0.4, 0.5) is 0 Å². The summed E-state index contributed by atoms with van der Waals surface area (Å²) in [4.78, 5) is 12.1. The highest BCUT2D eigenvalue weighted by Gasteiger charge is 2.17. The van der Waals surface area contributed by atoms with E-state index in [4.69, 9.17) is 5.11 Å². The van der Waals surface area contributed by atoms with Crippen molar-refractivity contribution in [3.05, 3.63) is 17.5 Å². The van der Waals surface area contributed by atoms with E-state index in [2.05, 4.69) is 10.4 Å². The Balaban J connectivity index is 2.73. The van der Waals surface area contributed by atoms with Gasteiger partial charge in [-0.05, 0) is 19.1 Å². The van der Waals surface area contributed by atoms with Gasteiger partial charge in [0.15, 0.2) is 0 Å². The normalized spacial score (nSPS) is 12.4. The van der Waals surface area contributed by atoms with Crippen molar-refractivity contribution in [3.8, 4) is 0 Å². The molecule has 0 aliphatic carbocycles. The van der Waals surface area contributed by atoms with Crippen molar-refractivity contribution in [2.45, 2.75) is 25.8 Å². The lowest BCUT2D eigenvalue weighted by Crippen LogP contribution is -2.37. The van der Waals surface area contributed by atoms with Gasteiger partial charge >= 0.3 is 0 Å². The Morgan fingerprint density at radius 3 is 2.94 bits per heavy atom. The number of nitrogens with one attached hydrogen (secondary N) is 1. The molecule has 1 heterocycles. The zero-order chi connectivity index (χ0) is 13.5. The third kappa shape index (κ3) is 4.03. The molecule has 0 aromatic carbocycles. The lowest BCUT2D eigenvalue weighted by molar-refractivity contribution is 0.0934. The molecule has 1 atom stereocenters. The number of nitrogens with zero attached hydrogens (tertiary/aromatic N) is 2. The van der Waals surface area contributed by atoms with Gasteiger partial charge in [-0.2, -0.15) is 16.9 Å². The molecule has 0 saturated carbocycles. The van der Waals surface area contributed by atoms with Gasteiger partial charge in [-0.3, -0.25) is 9.48 Å². The highest BCUT2D eigenvalue weighted by molar-refractivity contribution is 7.98. The monoisotopic (exact) mass is 271 g/mol. The predicted molar refractivity (Wildman–Crippen MR) is 73.9 cm³/mol. The maximum atomic E-state index is 12.1. The van der Waals surface area contributed by atoms with Crippen molar-refractivity contribution in [2.24, 2.45) is 7.05 Å². The second-order valence-electron chi connectivity index (χ2n) is 4.15. The molecule has 0 saturated heterocycles. The number of carbonyl (C=O) groups excluding carboxylic acids is 1. The summed E-state index contributed by atoms with van der Waals surface area (Å²) < 4.78 is 1.66. The summed E-state index contributed by atoms with van der Waals surface area (Å²) in [5.41, 5.74) is 1.44. The van der Waals surface area contributed by atoms with E-state index in [9.17, 15) is 4.79 Å². The van der Waals surface area contributed by atoms with Crippen LogP contribution in [0.15, 0.2) is 6.20 Å². The molecule has 5 nitrogen and oxygen atoms in total. The first-order chi connectivity index (χ1) is 8.62. The van der Waals surface area contributed by atoms with E-state index in [0.717, 1.165) is 17.9 Å².